The predicted octanol–water partition coefficient (Wildman–Crippen LogP) is 0.955. The van der Waals surface area contributed by atoms with Crippen LogP contribution in [0.4, 0.5) is 9.18 Å². The average Bonchev–Trinajstić information content (AvgIpc) is 2.39. The van der Waals surface area contributed by atoms with Crippen molar-refractivity contribution in [1.29, 1.82) is 0 Å². The summed E-state index contributed by atoms with van der Waals surface area (Å²) in [5.74, 6) is -0.266. The highest BCUT2D eigenvalue weighted by molar-refractivity contribution is 5.74. The van der Waals surface area contributed by atoms with Crippen molar-refractivity contribution in [2.24, 2.45) is 0 Å². The molecule has 0 aliphatic carbocycles. The number of nitrogens with one attached hydrogen (secondary N) is 1. The minimum atomic E-state index is -0.266. The fourth-order valence-corrected chi connectivity index (χ4v) is 1.70. The van der Waals surface area contributed by atoms with Gasteiger partial charge in [-0.1, -0.05) is 12.1 Å². The Hall–Kier alpha value is -1.62. The molecule has 1 N–H and O–H groups in total. The molecule has 1 heterocycles. The van der Waals surface area contributed by atoms with Crippen LogP contribution < -0.4 is 10.6 Å². The van der Waals surface area contributed by atoms with Crippen molar-refractivity contribution in [1.82, 2.24) is 15.5 Å². The molecule has 0 atom stereocenters. The molecule has 17 heavy (non-hydrogen) atoms. The van der Waals surface area contributed by atoms with Crippen LogP contribution in [0.5, 0.6) is 0 Å². The molecule has 4 nitrogen and oxygen atoms in total. The third-order valence-corrected chi connectivity index (χ3v) is 2.70. The number of urea groups is 1. The monoisotopic (exact) mass is 236 g/mol. The van der Waals surface area contributed by atoms with Gasteiger partial charge < -0.3 is 10.2 Å². The highest BCUT2D eigenvalue weighted by Gasteiger charge is 2.15. The standard InChI is InChI=1S/C12H15FN3O/c13-11-3-1-10(2-4-11)9-15-12(17)16-7-5-14-6-8-16/h1-4H,5-9H2,(H,15,17). The zero-order valence-corrected chi connectivity index (χ0v) is 9.53. The SMILES string of the molecule is O=C(NCc1ccc(F)cc1)N1CC[N]CC1. The molecule has 0 saturated carbocycles. The summed E-state index contributed by atoms with van der Waals surface area (Å²) >= 11 is 0. The van der Waals surface area contributed by atoms with Crippen LogP contribution in [-0.4, -0.2) is 37.1 Å². The molecule has 1 aliphatic heterocycles. The van der Waals surface area contributed by atoms with Gasteiger partial charge in [-0.15, -0.1) is 0 Å². The lowest BCUT2D eigenvalue weighted by molar-refractivity contribution is 0.189. The van der Waals surface area contributed by atoms with Gasteiger partial charge in [0, 0.05) is 32.7 Å². The van der Waals surface area contributed by atoms with Crippen LogP contribution in [0.25, 0.3) is 0 Å². The molecule has 5 heteroatoms. The van der Waals surface area contributed by atoms with E-state index < -0.39 is 0 Å². The lowest BCUT2D eigenvalue weighted by atomic mass is 10.2. The van der Waals surface area contributed by atoms with Crippen LogP contribution in [0.1, 0.15) is 5.56 Å². The molecule has 1 aromatic rings. The number of carbonyl (C=O) groups excluding carboxylic acids is 1. The zero-order valence-electron chi connectivity index (χ0n) is 9.53. The van der Waals surface area contributed by atoms with Crippen molar-refractivity contribution in [3.63, 3.8) is 0 Å². The summed E-state index contributed by atoms with van der Waals surface area (Å²) in [4.78, 5) is 13.5. The summed E-state index contributed by atoms with van der Waals surface area (Å²) in [6, 6.07) is 6.04. The maximum atomic E-state index is 12.7. The summed E-state index contributed by atoms with van der Waals surface area (Å²) in [7, 11) is 0. The van der Waals surface area contributed by atoms with Crippen LogP contribution in [-0.2, 0) is 6.54 Å². The van der Waals surface area contributed by atoms with Gasteiger partial charge in [-0.2, -0.15) is 0 Å². The van der Waals surface area contributed by atoms with E-state index in [1.807, 2.05) is 0 Å². The smallest absolute Gasteiger partial charge is 0.317 e. The molecule has 1 radical (unpaired) electrons. The topological polar surface area (TPSA) is 46.4 Å². The maximum absolute atomic E-state index is 12.7. The lowest BCUT2D eigenvalue weighted by Gasteiger charge is -2.26. The van der Waals surface area contributed by atoms with Crippen molar-refractivity contribution in [3.05, 3.63) is 35.6 Å². The molecule has 1 saturated heterocycles. The van der Waals surface area contributed by atoms with Gasteiger partial charge in [0.05, 0.1) is 0 Å². The fraction of sp³-hybridized carbons (Fsp3) is 0.417. The van der Waals surface area contributed by atoms with Gasteiger partial charge in [0.25, 0.3) is 0 Å². The van der Waals surface area contributed by atoms with E-state index in [-0.39, 0.29) is 11.8 Å². The third kappa shape index (κ3) is 3.42. The normalized spacial score (nSPS) is 15.7. The number of amides is 2. The summed E-state index contributed by atoms with van der Waals surface area (Å²) < 4.78 is 12.7. The lowest BCUT2D eigenvalue weighted by Crippen LogP contribution is -2.48. The van der Waals surface area contributed by atoms with Crippen molar-refractivity contribution in [2.45, 2.75) is 6.54 Å². The van der Waals surface area contributed by atoms with Crippen LogP contribution in [0, 0.1) is 5.82 Å². The largest absolute Gasteiger partial charge is 0.334 e. The Morgan fingerprint density at radius 1 is 1.29 bits per heavy atom. The molecule has 0 bridgehead atoms. The quantitative estimate of drug-likeness (QED) is 0.816. The molecule has 0 unspecified atom stereocenters. The van der Waals surface area contributed by atoms with E-state index in [0.29, 0.717) is 32.7 Å². The summed E-state index contributed by atoms with van der Waals surface area (Å²) in [5, 5.41) is 6.99. The Balaban J connectivity index is 1.81. The van der Waals surface area contributed by atoms with Gasteiger partial charge in [0.1, 0.15) is 5.82 Å². The first kappa shape index (κ1) is 11.9. The Kier molecular flexibility index (Phi) is 3.93. The van der Waals surface area contributed by atoms with Gasteiger partial charge in [-0.25, -0.2) is 14.5 Å². The molecule has 91 valence electrons. The number of halogens is 1. The first-order valence-corrected chi connectivity index (χ1v) is 5.66. The number of carbonyl (C=O) groups is 1. The maximum Gasteiger partial charge on any atom is 0.317 e. The molecule has 1 aliphatic rings. The molecule has 2 amide bonds. The number of rotatable bonds is 2. The Morgan fingerprint density at radius 2 is 1.94 bits per heavy atom. The van der Waals surface area contributed by atoms with Gasteiger partial charge in [-0.3, -0.25) is 0 Å². The minimum Gasteiger partial charge on any atom is -0.334 e. The van der Waals surface area contributed by atoms with Crippen LogP contribution >= 0.6 is 0 Å². The van der Waals surface area contributed by atoms with Gasteiger partial charge in [0.15, 0.2) is 0 Å². The highest BCUT2D eigenvalue weighted by atomic mass is 19.1. The van der Waals surface area contributed by atoms with Gasteiger partial charge >= 0.3 is 6.03 Å². The number of piperazine rings is 1. The second kappa shape index (κ2) is 5.63. The van der Waals surface area contributed by atoms with E-state index in [1.54, 1.807) is 17.0 Å². The van der Waals surface area contributed by atoms with Gasteiger partial charge in [-0.05, 0) is 17.7 Å². The van der Waals surface area contributed by atoms with E-state index in [1.165, 1.54) is 12.1 Å². The second-order valence-electron chi connectivity index (χ2n) is 3.94. The van der Waals surface area contributed by atoms with E-state index in [2.05, 4.69) is 10.6 Å². The fourth-order valence-electron chi connectivity index (χ4n) is 1.70. The molecular weight excluding hydrogens is 221 g/mol. The van der Waals surface area contributed by atoms with Crippen molar-refractivity contribution in [3.8, 4) is 0 Å². The molecule has 1 fully saturated rings. The number of nitrogens with zero attached hydrogens (tertiary/aromatic N) is 2. The number of hydrogen-bond donors (Lipinski definition) is 1. The first-order chi connectivity index (χ1) is 8.25. The summed E-state index contributed by atoms with van der Waals surface area (Å²) in [5.41, 5.74) is 0.890. The minimum absolute atomic E-state index is 0.0794. The highest BCUT2D eigenvalue weighted by Crippen LogP contribution is 2.02. The van der Waals surface area contributed by atoms with E-state index >= 15 is 0 Å². The van der Waals surface area contributed by atoms with Crippen LogP contribution in [0.2, 0.25) is 0 Å². The van der Waals surface area contributed by atoms with Crippen LogP contribution in [0.3, 0.4) is 0 Å². The number of hydrogen-bond acceptors (Lipinski definition) is 1. The third-order valence-electron chi connectivity index (χ3n) is 2.70. The van der Waals surface area contributed by atoms with Crippen molar-refractivity contribution < 1.29 is 9.18 Å². The molecule has 2 rings (SSSR count). The molecule has 0 spiro atoms. The zero-order chi connectivity index (χ0) is 12.1. The first-order valence-electron chi connectivity index (χ1n) is 5.66. The molecule has 0 aromatic heterocycles. The predicted molar refractivity (Wildman–Crippen MR) is 62.1 cm³/mol. The Bertz CT molecular complexity index is 374. The molecular formula is C12H15FN3O. The summed E-state index contributed by atoms with van der Waals surface area (Å²) in [6.45, 7) is 3.20. The molecule has 1 aromatic carbocycles. The van der Waals surface area contributed by atoms with Crippen molar-refractivity contribution in [2.75, 3.05) is 26.2 Å². The van der Waals surface area contributed by atoms with Crippen molar-refractivity contribution >= 4 is 6.03 Å². The van der Waals surface area contributed by atoms with E-state index in [0.717, 1.165) is 5.56 Å². The van der Waals surface area contributed by atoms with E-state index in [9.17, 15) is 9.18 Å². The number of benzene rings is 1. The van der Waals surface area contributed by atoms with E-state index in [4.69, 9.17) is 0 Å². The Labute approximate surface area is 99.8 Å². The Morgan fingerprint density at radius 3 is 2.59 bits per heavy atom. The van der Waals surface area contributed by atoms with Crippen LogP contribution in [0.15, 0.2) is 24.3 Å². The average molecular weight is 236 g/mol. The summed E-state index contributed by atoms with van der Waals surface area (Å²) in [6.07, 6.45) is 0. The van der Waals surface area contributed by atoms with Gasteiger partial charge in [0.2, 0.25) is 0 Å². The second-order valence-corrected chi connectivity index (χ2v) is 3.94.